The molecule has 0 aliphatic heterocycles. The number of alkyl carbamates (subject to hydrolysis) is 1. The van der Waals surface area contributed by atoms with Crippen LogP contribution >= 0.6 is 11.3 Å². The van der Waals surface area contributed by atoms with Crippen LogP contribution in [0, 0.1) is 0 Å². The lowest BCUT2D eigenvalue weighted by molar-refractivity contribution is 0.134. The number of unbranched alkanes of at least 4 members (excludes halogenated alkanes) is 1. The molecular formula is C24H29N3O3S. The van der Waals surface area contributed by atoms with E-state index in [9.17, 15) is 4.79 Å². The van der Waals surface area contributed by atoms with Crippen molar-refractivity contribution in [3.05, 3.63) is 71.2 Å². The van der Waals surface area contributed by atoms with E-state index in [4.69, 9.17) is 14.5 Å². The molecule has 0 spiro atoms. The van der Waals surface area contributed by atoms with E-state index in [0.29, 0.717) is 0 Å². The maximum atomic E-state index is 12.5. The molecule has 1 amide bonds. The average molecular weight is 440 g/mol. The number of rotatable bonds is 11. The highest BCUT2D eigenvalue weighted by Crippen LogP contribution is 2.30. The lowest BCUT2D eigenvalue weighted by atomic mass is 10.1. The molecule has 0 bridgehead atoms. The molecule has 1 aromatic heterocycles. The fourth-order valence-corrected chi connectivity index (χ4v) is 4.06. The van der Waals surface area contributed by atoms with Gasteiger partial charge in [0.05, 0.1) is 18.8 Å². The Bertz CT molecular complexity index is 946. The third-order valence-electron chi connectivity index (χ3n) is 4.87. The van der Waals surface area contributed by atoms with Crippen molar-refractivity contribution in [3.63, 3.8) is 0 Å². The highest BCUT2D eigenvalue weighted by atomic mass is 32.1. The molecule has 2 aromatic carbocycles. The van der Waals surface area contributed by atoms with E-state index < -0.39 is 6.09 Å². The summed E-state index contributed by atoms with van der Waals surface area (Å²) in [6.45, 7) is 1.18. The average Bonchev–Trinajstić information content (AvgIpc) is 3.31. The molecule has 31 heavy (non-hydrogen) atoms. The molecule has 1 heterocycles. The first-order chi connectivity index (χ1) is 15.2. The van der Waals surface area contributed by atoms with Crippen LogP contribution < -0.4 is 15.4 Å². The number of carbonyl (C=O) groups is 1. The second-order valence-electron chi connectivity index (χ2n) is 7.17. The van der Waals surface area contributed by atoms with Gasteiger partial charge in [0.15, 0.2) is 0 Å². The molecule has 3 aromatic rings. The van der Waals surface area contributed by atoms with Crippen LogP contribution in [0.5, 0.6) is 5.75 Å². The maximum Gasteiger partial charge on any atom is 0.408 e. The Morgan fingerprint density at radius 2 is 1.97 bits per heavy atom. The lowest BCUT2D eigenvalue weighted by Gasteiger charge is -2.17. The number of aromatic nitrogens is 1. The highest BCUT2D eigenvalue weighted by molar-refractivity contribution is 7.13. The van der Waals surface area contributed by atoms with Gasteiger partial charge in [0.25, 0.3) is 0 Å². The van der Waals surface area contributed by atoms with Gasteiger partial charge >= 0.3 is 6.09 Å². The van der Waals surface area contributed by atoms with Crippen LogP contribution in [0.1, 0.15) is 36.6 Å². The van der Waals surface area contributed by atoms with E-state index >= 15 is 0 Å². The predicted octanol–water partition coefficient (Wildman–Crippen LogP) is 5.18. The summed E-state index contributed by atoms with van der Waals surface area (Å²) in [5.41, 5.74) is 2.80. The molecule has 0 saturated carbocycles. The molecule has 7 heteroatoms. The number of methoxy groups -OCH3 is 1. The number of nitrogens with zero attached hydrogens (tertiary/aromatic N) is 1. The third-order valence-corrected chi connectivity index (χ3v) is 5.78. The Morgan fingerprint density at radius 3 is 2.74 bits per heavy atom. The Kier molecular flexibility index (Phi) is 8.87. The van der Waals surface area contributed by atoms with Crippen LogP contribution in [0.3, 0.4) is 0 Å². The smallest absolute Gasteiger partial charge is 0.408 e. The fourth-order valence-electron chi connectivity index (χ4n) is 3.19. The lowest BCUT2D eigenvalue weighted by Crippen LogP contribution is -2.29. The van der Waals surface area contributed by atoms with Crippen molar-refractivity contribution >= 4 is 17.4 Å². The van der Waals surface area contributed by atoms with Gasteiger partial charge in [-0.2, -0.15) is 0 Å². The van der Waals surface area contributed by atoms with Crippen molar-refractivity contribution < 1.29 is 14.3 Å². The first-order valence-corrected chi connectivity index (χ1v) is 11.3. The van der Waals surface area contributed by atoms with Gasteiger partial charge in [-0.3, -0.25) is 0 Å². The molecule has 2 N–H and O–H groups in total. The van der Waals surface area contributed by atoms with E-state index in [2.05, 4.69) is 10.6 Å². The van der Waals surface area contributed by atoms with Gasteiger partial charge < -0.3 is 20.1 Å². The quantitative estimate of drug-likeness (QED) is 0.403. The molecule has 3 rings (SSSR count). The van der Waals surface area contributed by atoms with Crippen LogP contribution in [0.25, 0.3) is 10.6 Å². The number of carbonyl (C=O) groups excluding carboxylic acids is 1. The molecule has 164 valence electrons. The van der Waals surface area contributed by atoms with Crippen LogP contribution in [0.2, 0.25) is 0 Å². The molecule has 6 nitrogen and oxygen atoms in total. The highest BCUT2D eigenvalue weighted by Gasteiger charge is 2.19. The minimum Gasteiger partial charge on any atom is -0.497 e. The first kappa shape index (κ1) is 22.8. The zero-order valence-electron chi connectivity index (χ0n) is 18.0. The summed E-state index contributed by atoms with van der Waals surface area (Å²) in [5.74, 6) is 0.792. The molecule has 0 saturated heterocycles. The summed E-state index contributed by atoms with van der Waals surface area (Å²) in [6.07, 6.45) is 2.36. The monoisotopic (exact) mass is 439 g/mol. The molecule has 0 aliphatic carbocycles. The van der Waals surface area contributed by atoms with Crippen LogP contribution in [-0.2, 0) is 11.3 Å². The summed E-state index contributed by atoms with van der Waals surface area (Å²) >= 11 is 1.56. The predicted molar refractivity (Wildman–Crippen MR) is 124 cm³/mol. The SMILES string of the molecule is CNCCCCC(NC(=O)OCc1ccccc1)c1csc(-c2cccc(OC)c2)n1. The van der Waals surface area contributed by atoms with Crippen molar-refractivity contribution in [1.29, 1.82) is 0 Å². The van der Waals surface area contributed by atoms with E-state index in [1.54, 1.807) is 18.4 Å². The summed E-state index contributed by atoms with van der Waals surface area (Å²) in [7, 11) is 3.59. The minimum absolute atomic E-state index is 0.198. The van der Waals surface area contributed by atoms with Gasteiger partial charge in [-0.25, -0.2) is 9.78 Å². The Balaban J connectivity index is 1.67. The van der Waals surface area contributed by atoms with E-state index in [0.717, 1.165) is 53.4 Å². The normalized spacial score (nSPS) is 11.7. The Labute approximate surface area is 187 Å². The largest absolute Gasteiger partial charge is 0.497 e. The van der Waals surface area contributed by atoms with Crippen molar-refractivity contribution in [2.75, 3.05) is 20.7 Å². The Hall–Kier alpha value is -2.90. The van der Waals surface area contributed by atoms with E-state index in [-0.39, 0.29) is 12.6 Å². The molecule has 0 radical (unpaired) electrons. The molecule has 0 aliphatic rings. The second-order valence-corrected chi connectivity index (χ2v) is 8.03. The van der Waals surface area contributed by atoms with Gasteiger partial charge in [-0.15, -0.1) is 11.3 Å². The summed E-state index contributed by atoms with van der Waals surface area (Å²) < 4.78 is 10.7. The van der Waals surface area contributed by atoms with Crippen molar-refractivity contribution in [1.82, 2.24) is 15.6 Å². The van der Waals surface area contributed by atoms with E-state index in [1.807, 2.05) is 67.0 Å². The van der Waals surface area contributed by atoms with Gasteiger partial charge in [-0.1, -0.05) is 42.5 Å². The van der Waals surface area contributed by atoms with Crippen molar-refractivity contribution in [2.24, 2.45) is 0 Å². The third kappa shape index (κ3) is 7.08. The number of ether oxygens (including phenoxy) is 2. The van der Waals surface area contributed by atoms with E-state index in [1.165, 1.54) is 0 Å². The number of hydrogen-bond acceptors (Lipinski definition) is 6. The topological polar surface area (TPSA) is 72.5 Å². The fraction of sp³-hybridized carbons (Fsp3) is 0.333. The summed E-state index contributed by atoms with van der Waals surface area (Å²) in [5, 5.41) is 9.07. The minimum atomic E-state index is -0.432. The maximum absolute atomic E-state index is 12.5. The molecule has 0 fully saturated rings. The second kappa shape index (κ2) is 12.1. The van der Waals surface area contributed by atoms with Crippen molar-refractivity contribution in [2.45, 2.75) is 31.9 Å². The van der Waals surface area contributed by atoms with Gasteiger partial charge in [0.1, 0.15) is 17.4 Å². The standard InChI is InChI=1S/C24H29N3O3S/c1-25-14-7-6-13-21(27-24(28)30-16-18-9-4-3-5-10-18)22-17-31-23(26-22)19-11-8-12-20(15-19)29-2/h3-5,8-12,15,17,21,25H,6-7,13-14,16H2,1-2H3,(H,27,28). The van der Waals surface area contributed by atoms with Gasteiger partial charge in [0, 0.05) is 10.9 Å². The van der Waals surface area contributed by atoms with Gasteiger partial charge in [0.2, 0.25) is 0 Å². The summed E-state index contributed by atoms with van der Waals surface area (Å²) in [4.78, 5) is 17.3. The van der Waals surface area contributed by atoms with Crippen LogP contribution in [0.4, 0.5) is 4.79 Å². The van der Waals surface area contributed by atoms with Crippen molar-refractivity contribution in [3.8, 4) is 16.3 Å². The van der Waals surface area contributed by atoms with Crippen LogP contribution in [0.15, 0.2) is 60.0 Å². The summed E-state index contributed by atoms with van der Waals surface area (Å²) in [6, 6.07) is 17.3. The first-order valence-electron chi connectivity index (χ1n) is 10.4. The number of amides is 1. The zero-order valence-corrected chi connectivity index (χ0v) is 18.8. The van der Waals surface area contributed by atoms with Gasteiger partial charge in [-0.05, 0) is 50.6 Å². The Morgan fingerprint density at radius 1 is 1.13 bits per heavy atom. The number of benzene rings is 2. The number of thiazole rings is 1. The molecule has 1 atom stereocenters. The number of hydrogen-bond donors (Lipinski definition) is 2. The zero-order chi connectivity index (χ0) is 21.9. The molecular weight excluding hydrogens is 410 g/mol. The molecule has 1 unspecified atom stereocenters. The number of nitrogens with one attached hydrogen (secondary N) is 2. The van der Waals surface area contributed by atoms with Crippen LogP contribution in [-0.4, -0.2) is 31.8 Å².